The van der Waals surface area contributed by atoms with Crippen LogP contribution in [0, 0.1) is 5.92 Å². The number of nitrogens with one attached hydrogen (secondary N) is 1. The Balaban J connectivity index is 1.38. The van der Waals surface area contributed by atoms with Crippen molar-refractivity contribution in [1.82, 2.24) is 4.98 Å². The fourth-order valence-corrected chi connectivity index (χ4v) is 3.65. The Morgan fingerprint density at radius 2 is 2.12 bits per heavy atom. The molecular weight excluding hydrogens is 296 g/mol. The lowest BCUT2D eigenvalue weighted by atomic mass is 9.82. The molecule has 2 aliphatic carbocycles. The van der Waals surface area contributed by atoms with Crippen LogP contribution in [0.3, 0.4) is 0 Å². The summed E-state index contributed by atoms with van der Waals surface area (Å²) in [5.74, 6) is 2.57. The molecule has 2 aliphatic rings. The molecule has 0 radical (unpaired) electrons. The van der Waals surface area contributed by atoms with Gasteiger partial charge in [0.2, 0.25) is 0 Å². The highest BCUT2D eigenvalue weighted by molar-refractivity contribution is 5.43. The molecule has 2 aromatic rings. The summed E-state index contributed by atoms with van der Waals surface area (Å²) in [6.07, 6.45) is 11.4. The third kappa shape index (κ3) is 3.89. The molecule has 0 amide bonds. The second-order valence-electron chi connectivity index (χ2n) is 7.15. The van der Waals surface area contributed by atoms with Crippen molar-refractivity contribution in [2.24, 2.45) is 5.92 Å². The first-order valence-electron chi connectivity index (χ1n) is 9.28. The Morgan fingerprint density at radius 3 is 2.96 bits per heavy atom. The van der Waals surface area contributed by atoms with Crippen LogP contribution in [0.5, 0.6) is 5.75 Å². The van der Waals surface area contributed by atoms with E-state index < -0.39 is 0 Å². The molecule has 4 rings (SSSR count). The van der Waals surface area contributed by atoms with Gasteiger partial charge in [0, 0.05) is 24.9 Å². The Hall–Kier alpha value is -2.03. The van der Waals surface area contributed by atoms with Crippen molar-refractivity contribution in [1.29, 1.82) is 0 Å². The average Bonchev–Trinajstić information content (AvgIpc) is 3.45. The van der Waals surface area contributed by atoms with Crippen LogP contribution in [0.25, 0.3) is 0 Å². The number of pyridine rings is 1. The predicted octanol–water partition coefficient (Wildman–Crippen LogP) is 4.79. The van der Waals surface area contributed by atoms with E-state index in [9.17, 15) is 0 Å². The third-order valence-corrected chi connectivity index (χ3v) is 5.26. The van der Waals surface area contributed by atoms with Gasteiger partial charge in [-0.15, -0.1) is 0 Å². The fourth-order valence-electron chi connectivity index (χ4n) is 3.65. The maximum Gasteiger partial charge on any atom is 0.119 e. The molecule has 1 saturated carbocycles. The van der Waals surface area contributed by atoms with Gasteiger partial charge in [0.1, 0.15) is 5.75 Å². The minimum Gasteiger partial charge on any atom is -0.494 e. The number of rotatable bonds is 7. The monoisotopic (exact) mass is 322 g/mol. The zero-order chi connectivity index (χ0) is 16.2. The molecule has 1 aromatic heterocycles. The molecule has 0 spiro atoms. The summed E-state index contributed by atoms with van der Waals surface area (Å²) >= 11 is 0. The van der Waals surface area contributed by atoms with E-state index in [2.05, 4.69) is 34.6 Å². The average molecular weight is 322 g/mol. The maximum atomic E-state index is 5.96. The topological polar surface area (TPSA) is 34.2 Å². The highest BCUT2D eigenvalue weighted by Gasteiger charge is 2.22. The van der Waals surface area contributed by atoms with Crippen molar-refractivity contribution in [3.8, 4) is 5.75 Å². The summed E-state index contributed by atoms with van der Waals surface area (Å²) in [4.78, 5) is 4.17. The van der Waals surface area contributed by atoms with E-state index in [0.717, 1.165) is 30.5 Å². The molecular formula is C21H26N2O. The quantitative estimate of drug-likeness (QED) is 0.795. The van der Waals surface area contributed by atoms with Crippen LogP contribution in [0.15, 0.2) is 42.7 Å². The number of aryl methyl sites for hydroxylation is 1. The van der Waals surface area contributed by atoms with Crippen LogP contribution < -0.4 is 10.1 Å². The summed E-state index contributed by atoms with van der Waals surface area (Å²) in [7, 11) is 0. The SMILES string of the molecule is c1cncc(NC[C@@H]2CCCc3cc(OCCC4CC4)ccc32)c1. The van der Waals surface area contributed by atoms with Gasteiger partial charge in [-0.25, -0.2) is 0 Å². The normalized spacial score (nSPS) is 19.6. The number of nitrogens with zero attached hydrogens (tertiary/aromatic N) is 1. The molecule has 126 valence electrons. The number of aromatic nitrogens is 1. The van der Waals surface area contributed by atoms with Crippen LogP contribution in [-0.2, 0) is 6.42 Å². The zero-order valence-electron chi connectivity index (χ0n) is 14.2. The molecule has 1 heterocycles. The summed E-state index contributed by atoms with van der Waals surface area (Å²) in [6.45, 7) is 1.84. The molecule has 0 aliphatic heterocycles. The lowest BCUT2D eigenvalue weighted by molar-refractivity contribution is 0.302. The van der Waals surface area contributed by atoms with Gasteiger partial charge in [-0.05, 0) is 67.0 Å². The molecule has 3 heteroatoms. The van der Waals surface area contributed by atoms with E-state index in [4.69, 9.17) is 4.74 Å². The van der Waals surface area contributed by atoms with Crippen molar-refractivity contribution in [2.75, 3.05) is 18.5 Å². The van der Waals surface area contributed by atoms with E-state index in [0.29, 0.717) is 5.92 Å². The van der Waals surface area contributed by atoms with E-state index in [1.165, 1.54) is 49.7 Å². The first-order chi connectivity index (χ1) is 11.9. The molecule has 0 saturated heterocycles. The van der Waals surface area contributed by atoms with Gasteiger partial charge in [0.05, 0.1) is 12.3 Å². The summed E-state index contributed by atoms with van der Waals surface area (Å²) in [5.41, 5.74) is 4.07. The van der Waals surface area contributed by atoms with E-state index in [1.807, 2.05) is 18.5 Å². The lowest BCUT2D eigenvalue weighted by Gasteiger charge is -2.26. The Morgan fingerprint density at radius 1 is 1.17 bits per heavy atom. The number of anilines is 1. The van der Waals surface area contributed by atoms with Gasteiger partial charge in [-0.2, -0.15) is 0 Å². The van der Waals surface area contributed by atoms with Crippen LogP contribution in [0.1, 0.15) is 49.1 Å². The van der Waals surface area contributed by atoms with Gasteiger partial charge in [-0.3, -0.25) is 4.98 Å². The van der Waals surface area contributed by atoms with Crippen LogP contribution in [0.4, 0.5) is 5.69 Å². The number of hydrogen-bond donors (Lipinski definition) is 1. The van der Waals surface area contributed by atoms with Crippen molar-refractivity contribution in [3.05, 3.63) is 53.9 Å². The van der Waals surface area contributed by atoms with Crippen LogP contribution in [0.2, 0.25) is 0 Å². The number of fused-ring (bicyclic) bond motifs is 1. The second kappa shape index (κ2) is 7.25. The van der Waals surface area contributed by atoms with Gasteiger partial charge in [0.15, 0.2) is 0 Å². The van der Waals surface area contributed by atoms with Crippen molar-refractivity contribution in [3.63, 3.8) is 0 Å². The van der Waals surface area contributed by atoms with E-state index in [1.54, 1.807) is 0 Å². The minimum absolute atomic E-state index is 0.578. The standard InChI is InChI=1S/C21H26N2O/c1-3-17-13-20(24-12-10-16-6-7-16)8-9-21(17)18(4-1)14-23-19-5-2-11-22-15-19/h2,5,8-9,11,13,15-16,18,23H,1,3-4,6-7,10,12,14H2/t18-/m0/s1. The summed E-state index contributed by atoms with van der Waals surface area (Å²) in [5, 5.41) is 3.53. The highest BCUT2D eigenvalue weighted by atomic mass is 16.5. The smallest absolute Gasteiger partial charge is 0.119 e. The van der Waals surface area contributed by atoms with Crippen LogP contribution in [-0.4, -0.2) is 18.1 Å². The molecule has 1 atom stereocenters. The fraction of sp³-hybridized carbons (Fsp3) is 0.476. The number of benzene rings is 1. The third-order valence-electron chi connectivity index (χ3n) is 5.26. The van der Waals surface area contributed by atoms with Gasteiger partial charge < -0.3 is 10.1 Å². The van der Waals surface area contributed by atoms with Gasteiger partial charge >= 0.3 is 0 Å². The van der Waals surface area contributed by atoms with Crippen molar-refractivity contribution >= 4 is 5.69 Å². The second-order valence-corrected chi connectivity index (χ2v) is 7.15. The molecule has 24 heavy (non-hydrogen) atoms. The molecule has 1 N–H and O–H groups in total. The van der Waals surface area contributed by atoms with E-state index in [-0.39, 0.29) is 0 Å². The van der Waals surface area contributed by atoms with Crippen molar-refractivity contribution < 1.29 is 4.74 Å². The largest absolute Gasteiger partial charge is 0.494 e. The first-order valence-corrected chi connectivity index (χ1v) is 9.28. The zero-order valence-corrected chi connectivity index (χ0v) is 14.2. The molecule has 1 fully saturated rings. The molecule has 0 unspecified atom stereocenters. The van der Waals surface area contributed by atoms with Gasteiger partial charge in [-0.1, -0.05) is 18.9 Å². The first kappa shape index (κ1) is 15.5. The Kier molecular flexibility index (Phi) is 4.68. The predicted molar refractivity (Wildman–Crippen MR) is 97.7 cm³/mol. The Bertz CT molecular complexity index is 667. The summed E-state index contributed by atoms with van der Waals surface area (Å²) in [6, 6.07) is 10.8. The van der Waals surface area contributed by atoms with Gasteiger partial charge in [0.25, 0.3) is 0 Å². The van der Waals surface area contributed by atoms with Crippen molar-refractivity contribution in [2.45, 2.75) is 44.4 Å². The minimum atomic E-state index is 0.578. The lowest BCUT2D eigenvalue weighted by Crippen LogP contribution is -2.18. The summed E-state index contributed by atoms with van der Waals surface area (Å²) < 4.78 is 5.96. The molecule has 1 aromatic carbocycles. The molecule has 0 bridgehead atoms. The Labute approximate surface area is 144 Å². The molecule has 3 nitrogen and oxygen atoms in total. The maximum absolute atomic E-state index is 5.96. The highest BCUT2D eigenvalue weighted by Crippen LogP contribution is 2.35. The number of hydrogen-bond acceptors (Lipinski definition) is 3. The number of ether oxygens (including phenoxy) is 1. The van der Waals surface area contributed by atoms with E-state index >= 15 is 0 Å². The van der Waals surface area contributed by atoms with Crippen LogP contribution >= 0.6 is 0 Å².